The maximum absolute atomic E-state index is 16.1. The number of nitrogens with zero attached hydrogens (tertiary/aromatic N) is 6. The van der Waals surface area contributed by atoms with E-state index >= 15 is 8.78 Å². The first-order valence-corrected chi connectivity index (χ1v) is 26.2. The minimum Gasteiger partial charge on any atom is -0.469 e. The number of fused-ring (bicyclic) bond motifs is 2. The molecule has 0 radical (unpaired) electrons. The van der Waals surface area contributed by atoms with Crippen LogP contribution < -0.4 is 15.6 Å². The van der Waals surface area contributed by atoms with Gasteiger partial charge in [0.15, 0.2) is 5.78 Å². The zero-order chi connectivity index (χ0) is 60.2. The molecule has 3 aliphatic heterocycles. The second-order valence-corrected chi connectivity index (χ2v) is 22.0. The smallest absolute Gasteiger partial charge is 0.407 e. The number of aromatic nitrogens is 3. The van der Waals surface area contributed by atoms with Gasteiger partial charge in [-0.25, -0.2) is 28.3 Å². The van der Waals surface area contributed by atoms with Crippen molar-refractivity contribution in [1.82, 2.24) is 35.4 Å². The van der Waals surface area contributed by atoms with E-state index in [0.717, 1.165) is 71.6 Å². The Labute approximate surface area is 466 Å². The van der Waals surface area contributed by atoms with E-state index in [-0.39, 0.29) is 22.2 Å². The number of alkyl halides is 8. The molecule has 3 fully saturated rings. The molecule has 5 heterocycles. The largest absolute Gasteiger partial charge is 0.469 e. The summed E-state index contributed by atoms with van der Waals surface area (Å²) in [5, 5.41) is 18.2. The van der Waals surface area contributed by atoms with Crippen molar-refractivity contribution in [3.63, 3.8) is 0 Å². The monoisotopic (exact) mass is 1170 g/mol. The van der Waals surface area contributed by atoms with Crippen molar-refractivity contribution in [2.45, 2.75) is 122 Å². The van der Waals surface area contributed by atoms with Crippen molar-refractivity contribution < 1.29 is 82.4 Å². The number of benzene rings is 2. The predicted molar refractivity (Wildman–Crippen MR) is 276 cm³/mol. The van der Waals surface area contributed by atoms with Crippen LogP contribution in [0.25, 0.3) is 11.1 Å². The van der Waals surface area contributed by atoms with Gasteiger partial charge in [-0.1, -0.05) is 37.8 Å². The van der Waals surface area contributed by atoms with Gasteiger partial charge < -0.3 is 29.5 Å². The number of Topliss-reactive ketones (excluding diaryl/α,β-unsaturated/α-hetero) is 1. The number of hydrogen-bond acceptors (Lipinski definition) is 13. The van der Waals surface area contributed by atoms with Gasteiger partial charge in [-0.15, -0.1) is 0 Å². The van der Waals surface area contributed by atoms with Crippen molar-refractivity contribution in [3.05, 3.63) is 101 Å². The second-order valence-electron chi connectivity index (χ2n) is 22.0. The van der Waals surface area contributed by atoms with E-state index in [1.54, 1.807) is 24.3 Å². The van der Waals surface area contributed by atoms with Gasteiger partial charge in [0.25, 0.3) is 0 Å². The molecule has 0 spiro atoms. The zero-order valence-corrected chi connectivity index (χ0v) is 45.9. The van der Waals surface area contributed by atoms with Crippen LogP contribution in [0.3, 0.4) is 0 Å². The van der Waals surface area contributed by atoms with Crippen LogP contribution in [0.15, 0.2) is 60.9 Å². The molecule has 446 valence electrons. The molecule has 2 unspecified atom stereocenters. The molecule has 26 heteroatoms. The summed E-state index contributed by atoms with van der Waals surface area (Å²) in [6, 6.07) is 10.4. The molecule has 3 saturated heterocycles. The van der Waals surface area contributed by atoms with Gasteiger partial charge in [-0.05, 0) is 93.5 Å². The number of rotatable bonds is 21. The third-order valence-corrected chi connectivity index (χ3v) is 15.8. The Bertz CT molecular complexity index is 2980. The van der Waals surface area contributed by atoms with Crippen molar-refractivity contribution in [3.8, 4) is 23.0 Å². The minimum atomic E-state index is -5.16. The Balaban J connectivity index is 1.19. The number of ether oxygens (including phenoxy) is 3. The van der Waals surface area contributed by atoms with Gasteiger partial charge in [-0.2, -0.15) is 40.2 Å². The molecule has 7 rings (SSSR count). The SMILES string of the molecule is COC(=O)C[C@H](C(=O)NN(Cc1c(F)cc(-c2cnn(C(F)F)c2)cc1F)C[C@H](O)[C@@H](CC(=O)[C@@H](NC(=O)OC)C(C)(C)C(F)(F)F)Cc1ccc(C#Cc2ccc(N3CC4CCC(C3)N4C3COC3)nc2C)cc1)C(C)(C)C(F)(F)F. The summed E-state index contributed by atoms with van der Waals surface area (Å²) in [6.07, 6.45) is -12.3. The van der Waals surface area contributed by atoms with Crippen LogP contribution in [0, 0.1) is 53.1 Å². The van der Waals surface area contributed by atoms with Crippen molar-refractivity contribution in [2.75, 3.05) is 52.0 Å². The normalized spacial score (nSPS) is 18.5. The first-order valence-electron chi connectivity index (χ1n) is 26.2. The predicted octanol–water partition coefficient (Wildman–Crippen LogP) is 8.47. The van der Waals surface area contributed by atoms with Crippen LogP contribution in [0.2, 0.25) is 0 Å². The van der Waals surface area contributed by atoms with E-state index in [1.165, 1.54) is 0 Å². The van der Waals surface area contributed by atoms with Crippen LogP contribution in [-0.4, -0.2) is 143 Å². The number of hydrogen-bond donors (Lipinski definition) is 3. The van der Waals surface area contributed by atoms with Gasteiger partial charge in [0.1, 0.15) is 23.5 Å². The molecule has 2 amide bonds. The number of hydrazine groups is 1. The summed E-state index contributed by atoms with van der Waals surface area (Å²) in [5.41, 5.74) is -3.00. The number of halogens is 10. The van der Waals surface area contributed by atoms with Gasteiger partial charge in [0.2, 0.25) is 5.91 Å². The molecule has 3 aliphatic rings. The number of amides is 2. The molecule has 6 atom stereocenters. The summed E-state index contributed by atoms with van der Waals surface area (Å²) in [4.78, 5) is 63.1. The second kappa shape index (κ2) is 25.4. The van der Waals surface area contributed by atoms with E-state index in [1.807, 2.05) is 24.4 Å². The number of carbonyl (C=O) groups excluding carboxylic acids is 4. The third kappa shape index (κ3) is 14.3. The number of methoxy groups -OCH3 is 2. The van der Waals surface area contributed by atoms with Gasteiger partial charge >= 0.3 is 31.0 Å². The summed E-state index contributed by atoms with van der Waals surface area (Å²) >= 11 is 0. The fraction of sp³-hybridized carbons (Fsp3) is 0.536. The highest BCUT2D eigenvalue weighted by Crippen LogP contribution is 2.46. The van der Waals surface area contributed by atoms with Gasteiger partial charge in [0.05, 0.1) is 74.6 Å². The number of aliphatic hydroxyl groups is 1. The maximum atomic E-state index is 16.1. The first kappa shape index (κ1) is 62.8. The number of ketones is 1. The standard InChI is InChI=1S/C56H64F10N8O8/c1-31-34(14-17-47(68-31)71-25-38-15-16-39(26-71)74(38)40-29-82-30-40)13-12-32-8-10-33(11-9-32)18-36(21-45(75)49(69-52(79)81-7)54(4,5)56(64,65)66)46(76)28-72(70-50(78)42(22-48(77)80-6)53(2,3)55(61,62)63)27-41-43(57)19-35(20-44(41)58)37-23-67-73(24-37)51(59)60/h8-11,14,17,19-20,23-24,36,38-40,42,46,49,51,76H,15-16,18,21-22,25-30H2,1-7H3,(H,69,79)(H,70,78)/t36-,38?,39?,42-,46+,49-/m1/s1. The average molecular weight is 1170 g/mol. The lowest BCUT2D eigenvalue weighted by molar-refractivity contribution is -0.231. The Morgan fingerprint density at radius 2 is 1.46 bits per heavy atom. The Morgan fingerprint density at radius 1 is 0.841 bits per heavy atom. The van der Waals surface area contributed by atoms with Crippen molar-refractivity contribution in [1.29, 1.82) is 0 Å². The maximum Gasteiger partial charge on any atom is 0.407 e. The van der Waals surface area contributed by atoms with Gasteiger partial charge in [-0.3, -0.25) is 24.7 Å². The quantitative estimate of drug-likeness (QED) is 0.0313. The van der Waals surface area contributed by atoms with Crippen molar-refractivity contribution in [2.24, 2.45) is 22.7 Å². The molecule has 0 saturated carbocycles. The Kier molecular flexibility index (Phi) is 19.4. The number of carbonyl (C=O) groups is 4. The van der Waals surface area contributed by atoms with E-state index in [9.17, 15) is 59.4 Å². The Hall–Kier alpha value is -6.82. The lowest BCUT2D eigenvalue weighted by Crippen LogP contribution is -2.62. The van der Waals surface area contributed by atoms with Crippen LogP contribution in [0.1, 0.15) is 87.9 Å². The lowest BCUT2D eigenvalue weighted by atomic mass is 9.75. The van der Waals surface area contributed by atoms with E-state index in [2.05, 4.69) is 41.6 Å². The summed E-state index contributed by atoms with van der Waals surface area (Å²) in [6.45, 7) is 2.31. The molecule has 2 aromatic heterocycles. The fourth-order valence-corrected chi connectivity index (χ4v) is 10.4. The van der Waals surface area contributed by atoms with Gasteiger partial charge in [0, 0.05) is 73.1 Å². The molecule has 82 heavy (non-hydrogen) atoms. The summed E-state index contributed by atoms with van der Waals surface area (Å²) < 4.78 is 161. The summed E-state index contributed by atoms with van der Waals surface area (Å²) in [5.74, 6) is -3.62. The molecule has 0 aliphatic carbocycles. The first-order chi connectivity index (χ1) is 38.4. The molecule has 2 aromatic carbocycles. The molecule has 4 aromatic rings. The number of pyridine rings is 1. The Morgan fingerprint density at radius 3 is 1.99 bits per heavy atom. The zero-order valence-electron chi connectivity index (χ0n) is 45.9. The summed E-state index contributed by atoms with van der Waals surface area (Å²) in [7, 11) is 1.70. The number of aryl methyl sites for hydroxylation is 1. The number of esters is 1. The van der Waals surface area contributed by atoms with E-state index in [4.69, 9.17) is 9.72 Å². The highest BCUT2D eigenvalue weighted by atomic mass is 19.4. The molecular weight excluding hydrogens is 1100 g/mol. The minimum absolute atomic E-state index is 0.157. The molecular formula is C56H64F10N8O8. The molecule has 16 nitrogen and oxygen atoms in total. The molecule has 3 N–H and O–H groups in total. The molecule has 2 bridgehead atoms. The number of piperazine rings is 1. The van der Waals surface area contributed by atoms with Crippen LogP contribution in [0.4, 0.5) is 54.5 Å². The third-order valence-electron chi connectivity index (χ3n) is 15.8. The average Bonchev–Trinajstić information content (AvgIpc) is 3.17. The lowest BCUT2D eigenvalue weighted by Gasteiger charge is -2.48. The van der Waals surface area contributed by atoms with E-state index < -0.39 is 121 Å². The highest BCUT2D eigenvalue weighted by molar-refractivity contribution is 5.88. The number of alkyl carbamates (subject to hydrolysis) is 1. The topological polar surface area (TPSA) is 181 Å². The van der Waals surface area contributed by atoms with Crippen LogP contribution in [-0.2, 0) is 41.6 Å². The van der Waals surface area contributed by atoms with Crippen LogP contribution in [0.5, 0.6) is 0 Å². The van der Waals surface area contributed by atoms with Crippen molar-refractivity contribution >= 4 is 29.6 Å². The fourth-order valence-electron chi connectivity index (χ4n) is 10.4. The number of aliphatic hydroxyl groups excluding tert-OH is 1. The highest BCUT2D eigenvalue weighted by Gasteiger charge is 2.57. The van der Waals surface area contributed by atoms with Crippen LogP contribution >= 0.6 is 0 Å². The van der Waals surface area contributed by atoms with E-state index in [0.29, 0.717) is 85.3 Å². The number of anilines is 1. The number of nitrogens with one attached hydrogen (secondary N) is 2.